The van der Waals surface area contributed by atoms with Gasteiger partial charge in [-0.1, -0.05) is 26.0 Å². The van der Waals surface area contributed by atoms with Gasteiger partial charge in [-0.3, -0.25) is 4.79 Å². The number of nitrogens with one attached hydrogen (secondary N) is 1. The summed E-state index contributed by atoms with van der Waals surface area (Å²) in [5, 5.41) is 3.02. The number of benzene rings is 1. The van der Waals surface area contributed by atoms with E-state index in [2.05, 4.69) is 19.2 Å². The van der Waals surface area contributed by atoms with Crippen molar-refractivity contribution in [1.82, 2.24) is 5.32 Å². The first-order chi connectivity index (χ1) is 8.53. The molecule has 98 valence electrons. The number of rotatable bonds is 5. The molecule has 0 saturated heterocycles. The van der Waals surface area contributed by atoms with E-state index in [4.69, 9.17) is 5.73 Å². The molecule has 1 aliphatic rings. The van der Waals surface area contributed by atoms with E-state index < -0.39 is 0 Å². The molecular weight excluding hydrogens is 224 g/mol. The van der Waals surface area contributed by atoms with E-state index in [0.29, 0.717) is 17.9 Å². The van der Waals surface area contributed by atoms with Crippen LogP contribution < -0.4 is 11.1 Å². The molecule has 2 rings (SSSR count). The van der Waals surface area contributed by atoms with Crippen LogP contribution in [0.25, 0.3) is 0 Å². The maximum absolute atomic E-state index is 12.0. The van der Waals surface area contributed by atoms with E-state index >= 15 is 0 Å². The molecular formula is C15H22N2O. The number of nitrogens with two attached hydrogens (primary N) is 1. The van der Waals surface area contributed by atoms with Gasteiger partial charge in [-0.2, -0.15) is 0 Å². The fourth-order valence-electron chi connectivity index (χ4n) is 2.28. The van der Waals surface area contributed by atoms with E-state index in [1.165, 1.54) is 6.42 Å². The molecule has 0 heterocycles. The molecule has 1 atom stereocenters. The summed E-state index contributed by atoms with van der Waals surface area (Å²) in [6.07, 6.45) is 2.03. The van der Waals surface area contributed by atoms with E-state index in [1.54, 1.807) is 0 Å². The Morgan fingerprint density at radius 2 is 2.22 bits per heavy atom. The van der Waals surface area contributed by atoms with E-state index in [1.807, 2.05) is 24.3 Å². The normalized spacial score (nSPS) is 20.5. The molecule has 3 heteroatoms. The lowest BCUT2D eigenvalue weighted by molar-refractivity contribution is 0.0950. The van der Waals surface area contributed by atoms with Gasteiger partial charge in [0.25, 0.3) is 5.91 Å². The van der Waals surface area contributed by atoms with Crippen LogP contribution in [-0.4, -0.2) is 19.0 Å². The third-order valence-corrected chi connectivity index (χ3v) is 3.85. The summed E-state index contributed by atoms with van der Waals surface area (Å²) in [7, 11) is 0. The topological polar surface area (TPSA) is 55.1 Å². The minimum Gasteiger partial charge on any atom is -0.352 e. The highest BCUT2D eigenvalue weighted by molar-refractivity contribution is 5.94. The predicted octanol–water partition coefficient (Wildman–Crippen LogP) is 1.96. The number of hydrogen-bond donors (Lipinski definition) is 2. The van der Waals surface area contributed by atoms with E-state index in [9.17, 15) is 4.79 Å². The molecule has 1 amide bonds. The van der Waals surface area contributed by atoms with Crippen molar-refractivity contribution in [2.24, 2.45) is 17.1 Å². The standard InChI is InChI=1S/C15H22N2O/c1-15(2)9-13(15)10-17-14(18)12-5-3-4-11(8-12)6-7-16/h3-5,8,13H,6-7,9-10,16H2,1-2H3,(H,17,18). The Labute approximate surface area is 109 Å². The van der Waals surface area contributed by atoms with Crippen molar-refractivity contribution in [3.8, 4) is 0 Å². The molecule has 1 unspecified atom stereocenters. The van der Waals surface area contributed by atoms with Gasteiger partial charge in [-0.25, -0.2) is 0 Å². The first-order valence-corrected chi connectivity index (χ1v) is 6.60. The van der Waals surface area contributed by atoms with Gasteiger partial charge in [-0.05, 0) is 48.4 Å². The second kappa shape index (κ2) is 5.11. The van der Waals surface area contributed by atoms with Gasteiger partial charge in [0.1, 0.15) is 0 Å². The fraction of sp³-hybridized carbons (Fsp3) is 0.533. The lowest BCUT2D eigenvalue weighted by Gasteiger charge is -2.07. The second-order valence-corrected chi connectivity index (χ2v) is 5.84. The summed E-state index contributed by atoms with van der Waals surface area (Å²) in [5.74, 6) is 0.658. The van der Waals surface area contributed by atoms with E-state index in [0.717, 1.165) is 24.1 Å². The van der Waals surface area contributed by atoms with Crippen molar-refractivity contribution >= 4 is 5.91 Å². The number of carbonyl (C=O) groups is 1. The minimum absolute atomic E-state index is 0.0246. The smallest absolute Gasteiger partial charge is 0.251 e. The van der Waals surface area contributed by atoms with Crippen LogP contribution in [-0.2, 0) is 6.42 Å². The van der Waals surface area contributed by atoms with Crippen LogP contribution in [0.1, 0.15) is 36.2 Å². The Morgan fingerprint density at radius 1 is 1.50 bits per heavy atom. The van der Waals surface area contributed by atoms with Crippen LogP contribution in [0.5, 0.6) is 0 Å². The number of carbonyl (C=O) groups excluding carboxylic acids is 1. The summed E-state index contributed by atoms with van der Waals surface area (Å²) < 4.78 is 0. The van der Waals surface area contributed by atoms with Crippen LogP contribution in [0.3, 0.4) is 0 Å². The highest BCUT2D eigenvalue weighted by atomic mass is 16.1. The monoisotopic (exact) mass is 246 g/mol. The molecule has 1 aromatic carbocycles. The third-order valence-electron chi connectivity index (χ3n) is 3.85. The molecule has 0 aromatic heterocycles. The van der Waals surface area contributed by atoms with Gasteiger partial charge in [0.15, 0.2) is 0 Å². The largest absolute Gasteiger partial charge is 0.352 e. The van der Waals surface area contributed by atoms with Crippen molar-refractivity contribution in [2.45, 2.75) is 26.7 Å². The first kappa shape index (κ1) is 13.1. The Bertz CT molecular complexity index is 440. The quantitative estimate of drug-likeness (QED) is 0.834. The second-order valence-electron chi connectivity index (χ2n) is 5.84. The Kier molecular flexibility index (Phi) is 3.71. The maximum atomic E-state index is 12.0. The Morgan fingerprint density at radius 3 is 2.83 bits per heavy atom. The summed E-state index contributed by atoms with van der Waals surface area (Å²) in [5.41, 5.74) is 7.79. The summed E-state index contributed by atoms with van der Waals surface area (Å²) in [6, 6.07) is 7.71. The molecule has 3 nitrogen and oxygen atoms in total. The fourth-order valence-corrected chi connectivity index (χ4v) is 2.28. The van der Waals surface area contributed by atoms with Crippen molar-refractivity contribution in [1.29, 1.82) is 0 Å². The van der Waals surface area contributed by atoms with Crippen molar-refractivity contribution in [2.75, 3.05) is 13.1 Å². The van der Waals surface area contributed by atoms with Crippen LogP contribution in [0, 0.1) is 11.3 Å². The van der Waals surface area contributed by atoms with Gasteiger partial charge < -0.3 is 11.1 Å². The van der Waals surface area contributed by atoms with Gasteiger partial charge >= 0.3 is 0 Å². The zero-order valence-corrected chi connectivity index (χ0v) is 11.2. The molecule has 1 aromatic rings. The third kappa shape index (κ3) is 3.10. The molecule has 1 aliphatic carbocycles. The molecule has 0 spiro atoms. The van der Waals surface area contributed by atoms with Crippen LogP contribution >= 0.6 is 0 Å². The molecule has 3 N–H and O–H groups in total. The highest BCUT2D eigenvalue weighted by Crippen LogP contribution is 2.50. The average molecular weight is 246 g/mol. The average Bonchev–Trinajstić information content (AvgIpc) is 2.95. The van der Waals surface area contributed by atoms with Gasteiger partial charge in [0.05, 0.1) is 0 Å². The number of amides is 1. The van der Waals surface area contributed by atoms with Crippen LogP contribution in [0.2, 0.25) is 0 Å². The van der Waals surface area contributed by atoms with Gasteiger partial charge in [0.2, 0.25) is 0 Å². The maximum Gasteiger partial charge on any atom is 0.251 e. The summed E-state index contributed by atoms with van der Waals surface area (Å²) >= 11 is 0. The zero-order valence-electron chi connectivity index (χ0n) is 11.2. The zero-order chi connectivity index (χ0) is 13.2. The summed E-state index contributed by atoms with van der Waals surface area (Å²) in [6.45, 7) is 5.88. The molecule has 0 radical (unpaired) electrons. The highest BCUT2D eigenvalue weighted by Gasteiger charge is 2.45. The van der Waals surface area contributed by atoms with Crippen LogP contribution in [0.4, 0.5) is 0 Å². The Balaban J connectivity index is 1.90. The minimum atomic E-state index is 0.0246. The number of hydrogen-bond acceptors (Lipinski definition) is 2. The van der Waals surface area contributed by atoms with Crippen LogP contribution in [0.15, 0.2) is 24.3 Å². The molecule has 18 heavy (non-hydrogen) atoms. The first-order valence-electron chi connectivity index (χ1n) is 6.60. The predicted molar refractivity (Wildman–Crippen MR) is 73.4 cm³/mol. The van der Waals surface area contributed by atoms with E-state index in [-0.39, 0.29) is 5.91 Å². The van der Waals surface area contributed by atoms with Crippen molar-refractivity contribution in [3.05, 3.63) is 35.4 Å². The van der Waals surface area contributed by atoms with Gasteiger partial charge in [0, 0.05) is 12.1 Å². The molecule has 1 fully saturated rings. The Hall–Kier alpha value is -1.35. The molecule has 1 saturated carbocycles. The van der Waals surface area contributed by atoms with Crippen molar-refractivity contribution in [3.63, 3.8) is 0 Å². The molecule has 0 bridgehead atoms. The SMILES string of the molecule is CC1(C)CC1CNC(=O)c1cccc(CCN)c1. The van der Waals surface area contributed by atoms with Crippen molar-refractivity contribution < 1.29 is 4.79 Å². The molecule has 0 aliphatic heterocycles. The summed E-state index contributed by atoms with van der Waals surface area (Å²) in [4.78, 5) is 12.0. The lowest BCUT2D eigenvalue weighted by atomic mass is 10.1. The lowest BCUT2D eigenvalue weighted by Crippen LogP contribution is -2.26. The van der Waals surface area contributed by atoms with Gasteiger partial charge in [-0.15, -0.1) is 0 Å².